The number of nitrogens with zero attached hydrogens (tertiary/aromatic N) is 2. The van der Waals surface area contributed by atoms with Crippen molar-refractivity contribution >= 4 is 5.97 Å². The van der Waals surface area contributed by atoms with Gasteiger partial charge in [-0.1, -0.05) is 18.2 Å². The molecule has 0 aliphatic rings. The van der Waals surface area contributed by atoms with Crippen molar-refractivity contribution in [3.8, 4) is 0 Å². The maximum Gasteiger partial charge on any atom is 0.416 e. The lowest BCUT2D eigenvalue weighted by Crippen LogP contribution is -2.13. The predicted molar refractivity (Wildman–Crippen MR) is 72.7 cm³/mol. The minimum Gasteiger partial charge on any atom is -0.478 e. The van der Waals surface area contributed by atoms with Crippen LogP contribution in [0.25, 0.3) is 0 Å². The molecule has 0 atom stereocenters. The Kier molecular flexibility index (Phi) is 4.16. The van der Waals surface area contributed by atoms with Crippen molar-refractivity contribution in [3.05, 3.63) is 58.2 Å². The summed E-state index contributed by atoms with van der Waals surface area (Å²) in [7, 11) is 0. The van der Waals surface area contributed by atoms with Crippen LogP contribution in [0.3, 0.4) is 0 Å². The molecule has 1 aromatic carbocycles. The lowest BCUT2D eigenvalue weighted by atomic mass is 10.0. The average molecular weight is 310 g/mol. The average Bonchev–Trinajstić information content (AvgIpc) is 2.36. The number of alkyl halides is 3. The zero-order valence-corrected chi connectivity index (χ0v) is 11.9. The van der Waals surface area contributed by atoms with Crippen LogP contribution < -0.4 is 0 Å². The summed E-state index contributed by atoms with van der Waals surface area (Å²) >= 11 is 0. The van der Waals surface area contributed by atoms with Crippen molar-refractivity contribution in [3.63, 3.8) is 0 Å². The number of carboxylic acids is 1. The summed E-state index contributed by atoms with van der Waals surface area (Å²) in [5.41, 5.74) is -0.236. The molecule has 0 saturated heterocycles. The molecule has 1 N–H and O–H groups in total. The van der Waals surface area contributed by atoms with Gasteiger partial charge in [-0.15, -0.1) is 0 Å². The number of halogens is 3. The first-order chi connectivity index (χ1) is 10.2. The van der Waals surface area contributed by atoms with Crippen molar-refractivity contribution in [2.24, 2.45) is 0 Å². The Labute approximate surface area is 124 Å². The van der Waals surface area contributed by atoms with Gasteiger partial charge in [0.2, 0.25) is 0 Å². The normalized spacial score (nSPS) is 11.5. The molecule has 7 heteroatoms. The second kappa shape index (κ2) is 5.75. The fraction of sp³-hybridized carbons (Fsp3) is 0.267. The molecule has 0 aliphatic heterocycles. The fourth-order valence-electron chi connectivity index (χ4n) is 2.30. The van der Waals surface area contributed by atoms with Crippen LogP contribution in [0.5, 0.6) is 0 Å². The molecule has 1 heterocycles. The Hall–Kier alpha value is -2.44. The van der Waals surface area contributed by atoms with E-state index in [1.807, 2.05) is 0 Å². The van der Waals surface area contributed by atoms with E-state index >= 15 is 0 Å². The van der Waals surface area contributed by atoms with Crippen LogP contribution in [0.15, 0.2) is 24.3 Å². The van der Waals surface area contributed by atoms with Crippen LogP contribution in [-0.4, -0.2) is 21.0 Å². The van der Waals surface area contributed by atoms with Gasteiger partial charge in [0.05, 0.1) is 17.0 Å². The Balaban J connectivity index is 2.43. The van der Waals surface area contributed by atoms with Crippen LogP contribution in [-0.2, 0) is 12.6 Å². The molecule has 4 nitrogen and oxygen atoms in total. The number of hydrogen-bond donors (Lipinski definition) is 1. The Morgan fingerprint density at radius 3 is 2.18 bits per heavy atom. The third-order valence-electron chi connectivity index (χ3n) is 3.20. The monoisotopic (exact) mass is 310 g/mol. The fourth-order valence-corrected chi connectivity index (χ4v) is 2.30. The number of carbonyl (C=O) groups is 1. The van der Waals surface area contributed by atoms with E-state index in [1.165, 1.54) is 32.0 Å². The molecule has 0 radical (unpaired) electrons. The van der Waals surface area contributed by atoms with E-state index < -0.39 is 17.7 Å². The van der Waals surface area contributed by atoms with Crippen molar-refractivity contribution in [1.29, 1.82) is 0 Å². The van der Waals surface area contributed by atoms with E-state index in [4.69, 9.17) is 5.11 Å². The molecule has 0 fully saturated rings. The van der Waals surface area contributed by atoms with Crippen LogP contribution in [0, 0.1) is 13.8 Å². The first-order valence-electron chi connectivity index (χ1n) is 6.42. The van der Waals surface area contributed by atoms with Crippen molar-refractivity contribution < 1.29 is 23.1 Å². The summed E-state index contributed by atoms with van der Waals surface area (Å²) in [6.07, 6.45) is -4.57. The predicted octanol–water partition coefficient (Wildman–Crippen LogP) is 3.40. The number of hydrogen-bond acceptors (Lipinski definition) is 3. The smallest absolute Gasteiger partial charge is 0.416 e. The highest BCUT2D eigenvalue weighted by Gasteiger charge is 2.33. The molecule has 22 heavy (non-hydrogen) atoms. The molecule has 0 bridgehead atoms. The first kappa shape index (κ1) is 15.9. The van der Waals surface area contributed by atoms with Gasteiger partial charge in [-0.25, -0.2) is 14.8 Å². The molecule has 2 rings (SSSR count). The van der Waals surface area contributed by atoms with Gasteiger partial charge in [-0.05, 0) is 25.5 Å². The molecule has 0 saturated carbocycles. The van der Waals surface area contributed by atoms with E-state index in [-0.39, 0.29) is 34.8 Å². The molecule has 116 valence electrons. The number of aromatic carboxylic acids is 1. The minimum absolute atomic E-state index is 0.0205. The molecule has 0 unspecified atom stereocenters. The molecule has 2 aromatic rings. The lowest BCUT2D eigenvalue weighted by Gasteiger charge is -2.13. The maximum absolute atomic E-state index is 13.0. The Bertz CT molecular complexity index is 704. The van der Waals surface area contributed by atoms with E-state index in [0.717, 1.165) is 6.07 Å². The lowest BCUT2D eigenvalue weighted by molar-refractivity contribution is -0.138. The Morgan fingerprint density at radius 2 is 1.68 bits per heavy atom. The molecule has 0 spiro atoms. The molecular formula is C15H13F3N2O2. The zero-order valence-electron chi connectivity index (χ0n) is 11.9. The molecule has 0 amide bonds. The highest BCUT2D eigenvalue weighted by atomic mass is 19.4. The van der Waals surface area contributed by atoms with Crippen molar-refractivity contribution in [2.45, 2.75) is 26.4 Å². The van der Waals surface area contributed by atoms with E-state index in [9.17, 15) is 18.0 Å². The summed E-state index contributed by atoms with van der Waals surface area (Å²) in [6, 6.07) is 5.19. The highest BCUT2D eigenvalue weighted by Crippen LogP contribution is 2.32. The van der Waals surface area contributed by atoms with E-state index in [2.05, 4.69) is 9.97 Å². The largest absolute Gasteiger partial charge is 0.478 e. The topological polar surface area (TPSA) is 63.1 Å². The number of benzene rings is 1. The quantitative estimate of drug-likeness (QED) is 0.943. The van der Waals surface area contributed by atoms with Crippen LogP contribution in [0.1, 0.15) is 38.7 Å². The van der Waals surface area contributed by atoms with Gasteiger partial charge in [0.1, 0.15) is 11.4 Å². The van der Waals surface area contributed by atoms with Crippen LogP contribution in [0.4, 0.5) is 13.2 Å². The summed E-state index contributed by atoms with van der Waals surface area (Å²) in [4.78, 5) is 19.1. The summed E-state index contributed by atoms with van der Waals surface area (Å²) in [5.74, 6) is -0.992. The zero-order chi connectivity index (χ0) is 16.5. The summed E-state index contributed by atoms with van der Waals surface area (Å²) < 4.78 is 38.9. The van der Waals surface area contributed by atoms with Crippen LogP contribution >= 0.6 is 0 Å². The number of aromatic nitrogens is 2. The number of aryl methyl sites for hydroxylation is 2. The van der Waals surface area contributed by atoms with Gasteiger partial charge in [0.15, 0.2) is 0 Å². The standard InChI is InChI=1S/C15H13F3N2O2/c1-8-13(14(21)22)9(2)20-12(19-8)7-10-5-3-4-6-11(10)15(16,17)18/h3-6H,7H2,1-2H3,(H,21,22). The number of rotatable bonds is 3. The highest BCUT2D eigenvalue weighted by molar-refractivity contribution is 5.89. The molecular weight excluding hydrogens is 297 g/mol. The SMILES string of the molecule is Cc1nc(Cc2ccccc2C(F)(F)F)nc(C)c1C(=O)O. The van der Waals surface area contributed by atoms with Crippen molar-refractivity contribution in [2.75, 3.05) is 0 Å². The first-order valence-corrected chi connectivity index (χ1v) is 6.42. The van der Waals surface area contributed by atoms with Gasteiger partial charge >= 0.3 is 12.1 Å². The molecule has 1 aromatic heterocycles. The van der Waals surface area contributed by atoms with Gasteiger partial charge < -0.3 is 5.11 Å². The molecule has 0 aliphatic carbocycles. The third kappa shape index (κ3) is 3.24. The van der Waals surface area contributed by atoms with Crippen LogP contribution in [0.2, 0.25) is 0 Å². The van der Waals surface area contributed by atoms with Gasteiger partial charge in [0, 0.05) is 6.42 Å². The second-order valence-corrected chi connectivity index (χ2v) is 4.82. The maximum atomic E-state index is 13.0. The van der Waals surface area contributed by atoms with Gasteiger partial charge in [-0.3, -0.25) is 0 Å². The Morgan fingerprint density at radius 1 is 1.14 bits per heavy atom. The van der Waals surface area contributed by atoms with E-state index in [1.54, 1.807) is 0 Å². The van der Waals surface area contributed by atoms with Gasteiger partial charge in [0.25, 0.3) is 0 Å². The minimum atomic E-state index is -4.46. The summed E-state index contributed by atoms with van der Waals surface area (Å²) in [6.45, 7) is 2.99. The van der Waals surface area contributed by atoms with Gasteiger partial charge in [-0.2, -0.15) is 13.2 Å². The third-order valence-corrected chi connectivity index (χ3v) is 3.20. The summed E-state index contributed by atoms with van der Waals surface area (Å²) in [5, 5.41) is 9.05. The second-order valence-electron chi connectivity index (χ2n) is 4.82. The number of carboxylic acid groups (broad SMARTS) is 1. The van der Waals surface area contributed by atoms with E-state index in [0.29, 0.717) is 0 Å². The van der Waals surface area contributed by atoms with Crippen molar-refractivity contribution in [1.82, 2.24) is 9.97 Å².